The summed E-state index contributed by atoms with van der Waals surface area (Å²) in [6.45, 7) is 0.0547. The van der Waals surface area contributed by atoms with Gasteiger partial charge in [-0.05, 0) is 0 Å². The van der Waals surface area contributed by atoms with E-state index in [1.165, 1.54) is 12.3 Å². The van der Waals surface area contributed by atoms with Gasteiger partial charge < -0.3 is 20.1 Å². The third kappa shape index (κ3) is 3.39. The monoisotopic (exact) mass is 214 g/mol. The number of rotatable bonds is 5. The molecule has 1 rings (SSSR count). The molecule has 0 unspecified atom stereocenters. The summed E-state index contributed by atoms with van der Waals surface area (Å²) in [5, 5.41) is 23.0. The highest BCUT2D eigenvalue weighted by Crippen LogP contribution is 1.95. The number of hydrogen-bond donors (Lipinski definition) is 3. The maximum absolute atomic E-state index is 11.2. The molecule has 0 saturated heterocycles. The van der Waals surface area contributed by atoms with Crippen LogP contribution in [0.5, 0.6) is 0 Å². The van der Waals surface area contributed by atoms with Crippen molar-refractivity contribution >= 4 is 11.9 Å². The number of nitrogens with one attached hydrogen (secondary N) is 1. The third-order valence-corrected chi connectivity index (χ3v) is 1.66. The normalized spacial score (nSPS) is 12.1. The van der Waals surface area contributed by atoms with E-state index < -0.39 is 18.0 Å². The van der Waals surface area contributed by atoms with Crippen molar-refractivity contribution in [1.29, 1.82) is 0 Å². The van der Waals surface area contributed by atoms with Crippen molar-refractivity contribution in [3.05, 3.63) is 18.0 Å². The van der Waals surface area contributed by atoms with Crippen molar-refractivity contribution in [1.82, 2.24) is 10.5 Å². The van der Waals surface area contributed by atoms with Crippen LogP contribution in [0.1, 0.15) is 16.9 Å². The Morgan fingerprint density at radius 1 is 1.60 bits per heavy atom. The smallest absolute Gasteiger partial charge is 0.332 e. The molecule has 1 aromatic heterocycles. The van der Waals surface area contributed by atoms with Crippen LogP contribution in [0.15, 0.2) is 16.9 Å². The predicted molar refractivity (Wildman–Crippen MR) is 47.1 cm³/mol. The number of carboxylic acid groups (broad SMARTS) is 1. The zero-order valence-corrected chi connectivity index (χ0v) is 7.71. The lowest BCUT2D eigenvalue weighted by Crippen LogP contribution is -2.30. The molecule has 0 aliphatic carbocycles. The molecular formula is C8H10N2O5. The first-order valence-electron chi connectivity index (χ1n) is 4.20. The van der Waals surface area contributed by atoms with Gasteiger partial charge in [-0.3, -0.25) is 4.79 Å². The lowest BCUT2D eigenvalue weighted by atomic mass is 10.2. The van der Waals surface area contributed by atoms with Crippen LogP contribution in [0, 0.1) is 0 Å². The van der Waals surface area contributed by atoms with E-state index in [4.69, 9.17) is 10.2 Å². The zero-order valence-electron chi connectivity index (χ0n) is 7.71. The van der Waals surface area contributed by atoms with E-state index in [1.54, 1.807) is 0 Å². The fourth-order valence-corrected chi connectivity index (χ4v) is 0.866. The molecule has 0 fully saturated rings. The zero-order chi connectivity index (χ0) is 11.3. The van der Waals surface area contributed by atoms with Gasteiger partial charge in [0.1, 0.15) is 6.26 Å². The number of aliphatic hydroxyl groups excluding tert-OH is 1. The minimum absolute atomic E-state index is 0.0547. The van der Waals surface area contributed by atoms with Crippen LogP contribution in [-0.2, 0) is 4.79 Å². The fraction of sp³-hybridized carbons (Fsp3) is 0.375. The van der Waals surface area contributed by atoms with Crippen LogP contribution in [-0.4, -0.2) is 39.9 Å². The minimum atomic E-state index is -1.47. The lowest BCUT2D eigenvalue weighted by molar-refractivity contribution is -0.146. The second-order valence-electron chi connectivity index (χ2n) is 2.78. The van der Waals surface area contributed by atoms with Crippen molar-refractivity contribution in [3.8, 4) is 0 Å². The van der Waals surface area contributed by atoms with E-state index in [0.717, 1.165) is 0 Å². The second-order valence-corrected chi connectivity index (χ2v) is 2.78. The summed E-state index contributed by atoms with van der Waals surface area (Å²) in [6.07, 6.45) is -0.275. The standard InChI is InChI=1S/C8H10N2O5/c11-6(8(13)14)1-3-9-7(12)5-2-4-15-10-5/h2,4,6,11H,1,3H2,(H,9,12)(H,13,14)/t6-/m0/s1. The Balaban J connectivity index is 2.27. The lowest BCUT2D eigenvalue weighted by Gasteiger charge is -2.05. The number of carboxylic acids is 1. The molecule has 1 atom stereocenters. The number of nitrogens with zero attached hydrogens (tertiary/aromatic N) is 1. The molecule has 15 heavy (non-hydrogen) atoms. The average molecular weight is 214 g/mol. The van der Waals surface area contributed by atoms with Crippen molar-refractivity contribution in [2.75, 3.05) is 6.54 Å². The van der Waals surface area contributed by atoms with E-state index in [0.29, 0.717) is 0 Å². The summed E-state index contributed by atoms with van der Waals surface area (Å²) in [7, 11) is 0. The molecule has 0 aliphatic heterocycles. The quantitative estimate of drug-likeness (QED) is 0.593. The first-order chi connectivity index (χ1) is 7.11. The van der Waals surface area contributed by atoms with E-state index >= 15 is 0 Å². The van der Waals surface area contributed by atoms with E-state index in [2.05, 4.69) is 15.0 Å². The highest BCUT2D eigenvalue weighted by Gasteiger charge is 2.14. The fourth-order valence-electron chi connectivity index (χ4n) is 0.866. The largest absolute Gasteiger partial charge is 0.479 e. The molecule has 3 N–H and O–H groups in total. The van der Waals surface area contributed by atoms with Gasteiger partial charge in [0.15, 0.2) is 11.8 Å². The van der Waals surface area contributed by atoms with Gasteiger partial charge in [-0.15, -0.1) is 0 Å². The number of carbonyl (C=O) groups is 2. The number of amides is 1. The maximum atomic E-state index is 11.2. The Kier molecular flexibility index (Phi) is 3.81. The highest BCUT2D eigenvalue weighted by atomic mass is 16.5. The Morgan fingerprint density at radius 3 is 2.87 bits per heavy atom. The molecule has 82 valence electrons. The number of aliphatic hydroxyl groups is 1. The molecule has 0 saturated carbocycles. The molecule has 0 spiro atoms. The van der Waals surface area contributed by atoms with E-state index in [9.17, 15) is 9.59 Å². The molecule has 1 heterocycles. The number of aromatic nitrogens is 1. The van der Waals surface area contributed by atoms with Crippen LogP contribution >= 0.6 is 0 Å². The molecule has 1 aromatic rings. The molecule has 7 heteroatoms. The first kappa shape index (κ1) is 11.2. The Morgan fingerprint density at radius 2 is 2.33 bits per heavy atom. The van der Waals surface area contributed by atoms with Gasteiger partial charge in [-0.25, -0.2) is 4.79 Å². The van der Waals surface area contributed by atoms with Crippen molar-refractivity contribution < 1.29 is 24.3 Å². The van der Waals surface area contributed by atoms with Gasteiger partial charge in [0.25, 0.3) is 5.91 Å². The summed E-state index contributed by atoms with van der Waals surface area (Å²) in [5.74, 6) is -1.79. The summed E-state index contributed by atoms with van der Waals surface area (Å²) in [5.41, 5.74) is 0.111. The van der Waals surface area contributed by atoms with Gasteiger partial charge >= 0.3 is 5.97 Å². The van der Waals surface area contributed by atoms with Crippen LogP contribution in [0.4, 0.5) is 0 Å². The molecule has 0 aromatic carbocycles. The van der Waals surface area contributed by atoms with Gasteiger partial charge in [0.2, 0.25) is 0 Å². The van der Waals surface area contributed by atoms with Gasteiger partial charge in [0.05, 0.1) is 0 Å². The molecular weight excluding hydrogens is 204 g/mol. The van der Waals surface area contributed by atoms with Crippen molar-refractivity contribution in [3.63, 3.8) is 0 Å². The molecule has 1 amide bonds. The number of hydrogen-bond acceptors (Lipinski definition) is 5. The topological polar surface area (TPSA) is 113 Å². The van der Waals surface area contributed by atoms with Crippen molar-refractivity contribution in [2.24, 2.45) is 0 Å². The third-order valence-electron chi connectivity index (χ3n) is 1.66. The average Bonchev–Trinajstić information content (AvgIpc) is 2.70. The summed E-state index contributed by atoms with van der Waals surface area (Å²) in [6, 6.07) is 1.38. The van der Waals surface area contributed by atoms with Crippen molar-refractivity contribution in [2.45, 2.75) is 12.5 Å². The summed E-state index contributed by atoms with van der Waals surface area (Å²) < 4.78 is 4.45. The molecule has 0 radical (unpaired) electrons. The Bertz CT molecular complexity index is 335. The first-order valence-corrected chi connectivity index (χ1v) is 4.20. The summed E-state index contributed by atoms with van der Waals surface area (Å²) in [4.78, 5) is 21.4. The van der Waals surface area contributed by atoms with Gasteiger partial charge in [-0.2, -0.15) is 0 Å². The number of aliphatic carboxylic acids is 1. The Labute approximate surface area is 84.7 Å². The van der Waals surface area contributed by atoms with Crippen LogP contribution in [0.3, 0.4) is 0 Å². The Hall–Kier alpha value is -1.89. The maximum Gasteiger partial charge on any atom is 0.332 e. The minimum Gasteiger partial charge on any atom is -0.479 e. The van der Waals surface area contributed by atoms with Crippen LogP contribution in [0.2, 0.25) is 0 Å². The number of carbonyl (C=O) groups excluding carboxylic acids is 1. The van der Waals surface area contributed by atoms with Crippen LogP contribution < -0.4 is 5.32 Å². The van der Waals surface area contributed by atoms with Crippen LogP contribution in [0.25, 0.3) is 0 Å². The van der Waals surface area contributed by atoms with E-state index in [-0.39, 0.29) is 18.7 Å². The molecule has 0 aliphatic rings. The summed E-state index contributed by atoms with van der Waals surface area (Å²) >= 11 is 0. The van der Waals surface area contributed by atoms with Gasteiger partial charge in [0, 0.05) is 19.0 Å². The van der Waals surface area contributed by atoms with E-state index in [1.807, 2.05) is 0 Å². The predicted octanol–water partition coefficient (Wildman–Crippen LogP) is -0.760. The molecule has 0 bridgehead atoms. The SMILES string of the molecule is O=C(NCC[C@H](O)C(=O)O)c1ccon1. The molecule has 7 nitrogen and oxygen atoms in total. The highest BCUT2D eigenvalue weighted by molar-refractivity contribution is 5.91. The second kappa shape index (κ2) is 5.11. The van der Waals surface area contributed by atoms with Gasteiger partial charge in [-0.1, -0.05) is 5.16 Å².